The van der Waals surface area contributed by atoms with Gasteiger partial charge in [-0.2, -0.15) is 0 Å². The van der Waals surface area contributed by atoms with Gasteiger partial charge in [0.1, 0.15) is 0 Å². The zero-order valence-corrected chi connectivity index (χ0v) is 10.8. The summed E-state index contributed by atoms with van der Waals surface area (Å²) >= 11 is -2.11. The van der Waals surface area contributed by atoms with Crippen LogP contribution in [0.5, 0.6) is 0 Å². The summed E-state index contributed by atoms with van der Waals surface area (Å²) in [6.45, 7) is 0. The Morgan fingerprint density at radius 1 is 1.42 bits per heavy atom. The quantitative estimate of drug-likeness (QED) is 0.691. The van der Waals surface area contributed by atoms with Crippen LogP contribution in [0, 0.1) is 0 Å². The third-order valence-corrected chi connectivity index (χ3v) is 6.91. The van der Waals surface area contributed by atoms with Gasteiger partial charge in [-0.25, -0.2) is 0 Å². The molecule has 12 heavy (non-hydrogen) atoms. The molecule has 1 aromatic heterocycles. The first-order chi connectivity index (χ1) is 5.41. The maximum atomic E-state index is 11.2. The van der Waals surface area contributed by atoms with Crippen LogP contribution in [0.3, 0.4) is 0 Å². The van der Waals surface area contributed by atoms with Gasteiger partial charge < -0.3 is 0 Å². The first-order valence-corrected chi connectivity index (χ1v) is 13.9. The van der Waals surface area contributed by atoms with Gasteiger partial charge in [-0.15, -0.1) is 0 Å². The van der Waals surface area contributed by atoms with Crippen LogP contribution >= 0.6 is 0 Å². The summed E-state index contributed by atoms with van der Waals surface area (Å²) < 4.78 is 2.55. The van der Waals surface area contributed by atoms with Gasteiger partial charge in [0.05, 0.1) is 0 Å². The van der Waals surface area contributed by atoms with Gasteiger partial charge in [-0.3, -0.25) is 0 Å². The maximum absolute atomic E-state index is 11.2. The summed E-state index contributed by atoms with van der Waals surface area (Å²) in [6, 6.07) is 1.68. The SMILES string of the molecule is Cn1cn[c]([Sn]([CH3])([CH3])[CH3])cc1=O. The van der Waals surface area contributed by atoms with E-state index in [2.05, 4.69) is 19.8 Å². The van der Waals surface area contributed by atoms with Crippen molar-refractivity contribution in [2.24, 2.45) is 7.05 Å². The molecule has 4 heteroatoms. The van der Waals surface area contributed by atoms with E-state index < -0.39 is 18.4 Å². The second-order valence-electron chi connectivity index (χ2n) is 3.97. The van der Waals surface area contributed by atoms with E-state index in [-0.39, 0.29) is 5.56 Å². The van der Waals surface area contributed by atoms with Crippen molar-refractivity contribution in [3.8, 4) is 0 Å². The molecule has 0 radical (unpaired) electrons. The van der Waals surface area contributed by atoms with E-state index in [4.69, 9.17) is 0 Å². The summed E-state index contributed by atoms with van der Waals surface area (Å²) in [5.74, 6) is 0. The van der Waals surface area contributed by atoms with E-state index in [0.717, 1.165) is 3.71 Å². The molecule has 0 fully saturated rings. The minimum absolute atomic E-state index is 0.0478. The van der Waals surface area contributed by atoms with Gasteiger partial charge in [0.15, 0.2) is 0 Å². The van der Waals surface area contributed by atoms with E-state index in [9.17, 15) is 4.79 Å². The fourth-order valence-electron chi connectivity index (χ4n) is 0.872. The van der Waals surface area contributed by atoms with Crippen molar-refractivity contribution in [3.63, 3.8) is 0 Å². The molecule has 3 nitrogen and oxygen atoms in total. The van der Waals surface area contributed by atoms with E-state index in [0.29, 0.717) is 0 Å². The molecule has 1 aromatic rings. The number of hydrogen-bond donors (Lipinski definition) is 0. The van der Waals surface area contributed by atoms with Gasteiger partial charge in [-0.05, 0) is 0 Å². The summed E-state index contributed by atoms with van der Waals surface area (Å²) in [5, 5.41) is 0. The van der Waals surface area contributed by atoms with Crippen LogP contribution in [0.1, 0.15) is 0 Å². The summed E-state index contributed by atoms with van der Waals surface area (Å²) in [4.78, 5) is 22.2. The van der Waals surface area contributed by atoms with Gasteiger partial charge >= 0.3 is 76.3 Å². The van der Waals surface area contributed by atoms with Gasteiger partial charge in [0, 0.05) is 0 Å². The normalized spacial score (nSPS) is 11.7. The average molecular weight is 273 g/mol. The molecule has 1 rings (SSSR count). The first kappa shape index (κ1) is 9.76. The Labute approximate surface area is 76.3 Å². The molecule has 0 saturated heterocycles. The third kappa shape index (κ3) is 2.09. The Hall–Kier alpha value is -0.321. The molecule has 0 aliphatic heterocycles. The van der Waals surface area contributed by atoms with Crippen molar-refractivity contribution in [2.45, 2.75) is 14.8 Å². The topological polar surface area (TPSA) is 34.9 Å². The molecule has 0 unspecified atom stereocenters. The predicted molar refractivity (Wildman–Crippen MR) is 52.5 cm³/mol. The van der Waals surface area contributed by atoms with Crippen LogP contribution in [-0.2, 0) is 7.05 Å². The van der Waals surface area contributed by atoms with Crippen molar-refractivity contribution in [2.75, 3.05) is 0 Å². The first-order valence-electron chi connectivity index (χ1n) is 3.94. The summed E-state index contributed by atoms with van der Waals surface area (Å²) in [7, 11) is 1.72. The fraction of sp³-hybridized carbons (Fsp3) is 0.500. The van der Waals surface area contributed by atoms with E-state index in [1.165, 1.54) is 4.57 Å². The predicted octanol–water partition coefficient (Wildman–Crippen LogP) is 0.325. The molecule has 0 atom stereocenters. The number of rotatable bonds is 1. The molecular weight excluding hydrogens is 259 g/mol. The van der Waals surface area contributed by atoms with Crippen molar-refractivity contribution in [3.05, 3.63) is 22.7 Å². The molecule has 0 aliphatic rings. The molecule has 0 amide bonds. The molecule has 0 aliphatic carbocycles. The van der Waals surface area contributed by atoms with Crippen LogP contribution in [0.2, 0.25) is 14.8 Å². The summed E-state index contributed by atoms with van der Waals surface area (Å²) in [5.41, 5.74) is 0.0478. The van der Waals surface area contributed by atoms with E-state index >= 15 is 0 Å². The van der Waals surface area contributed by atoms with E-state index in [1.54, 1.807) is 19.4 Å². The van der Waals surface area contributed by atoms with Crippen LogP contribution in [0.4, 0.5) is 0 Å². The van der Waals surface area contributed by atoms with Crippen LogP contribution in [-0.4, -0.2) is 27.9 Å². The zero-order valence-electron chi connectivity index (χ0n) is 7.96. The van der Waals surface area contributed by atoms with Crippen molar-refractivity contribution < 1.29 is 0 Å². The second-order valence-corrected chi connectivity index (χ2v) is 18.3. The minimum atomic E-state index is -2.11. The molecule has 0 spiro atoms. The fourth-order valence-corrected chi connectivity index (χ4v) is 3.73. The van der Waals surface area contributed by atoms with Gasteiger partial charge in [-0.1, -0.05) is 0 Å². The summed E-state index contributed by atoms with van der Waals surface area (Å²) in [6.07, 6.45) is 1.61. The molecular formula is C8H14N2OSn. The number of aryl methyl sites for hydroxylation is 1. The van der Waals surface area contributed by atoms with Crippen molar-refractivity contribution in [1.29, 1.82) is 0 Å². The van der Waals surface area contributed by atoms with Crippen LogP contribution < -0.4 is 9.27 Å². The Kier molecular flexibility index (Phi) is 2.60. The monoisotopic (exact) mass is 274 g/mol. The number of hydrogen-bond acceptors (Lipinski definition) is 2. The van der Waals surface area contributed by atoms with E-state index in [1.807, 2.05) is 0 Å². The third-order valence-electron chi connectivity index (χ3n) is 1.75. The Morgan fingerprint density at radius 3 is 2.42 bits per heavy atom. The molecule has 0 aromatic carbocycles. The molecule has 0 saturated carbocycles. The van der Waals surface area contributed by atoms with Gasteiger partial charge in [0.2, 0.25) is 0 Å². The molecule has 0 bridgehead atoms. The number of aromatic nitrogens is 2. The number of nitrogens with zero attached hydrogens (tertiary/aromatic N) is 2. The Morgan fingerprint density at radius 2 is 2.00 bits per heavy atom. The van der Waals surface area contributed by atoms with Crippen LogP contribution in [0.25, 0.3) is 0 Å². The average Bonchev–Trinajstić information content (AvgIpc) is 1.92. The molecule has 0 N–H and O–H groups in total. The van der Waals surface area contributed by atoms with Crippen molar-refractivity contribution in [1.82, 2.24) is 9.55 Å². The van der Waals surface area contributed by atoms with Gasteiger partial charge in [0.25, 0.3) is 0 Å². The Bertz CT molecular complexity index is 338. The Balaban J connectivity index is 3.23. The van der Waals surface area contributed by atoms with Crippen molar-refractivity contribution >= 4 is 22.1 Å². The second kappa shape index (κ2) is 3.20. The van der Waals surface area contributed by atoms with Crippen LogP contribution in [0.15, 0.2) is 17.2 Å². The standard InChI is InChI=1S/C5H5N2O.3CH3.Sn/c1-7-4-6-3-2-5(7)8;;;;/h2,4H,1H3;3*1H3;. The molecule has 1 heterocycles. The zero-order chi connectivity index (χ0) is 9.35. The molecule has 66 valence electrons.